The molecule has 2 aromatic heterocycles. The summed E-state index contributed by atoms with van der Waals surface area (Å²) in [6, 6.07) is 12.3. The normalized spacial score (nSPS) is 13.9. The maximum Gasteiger partial charge on any atom is 0.185 e. The number of halogens is 1. The summed E-state index contributed by atoms with van der Waals surface area (Å²) in [6.45, 7) is 8.43. The second kappa shape index (κ2) is 10.9. The van der Waals surface area contributed by atoms with E-state index in [0.717, 1.165) is 89.0 Å². The lowest BCUT2D eigenvalue weighted by Gasteiger charge is -2.39. The Morgan fingerprint density at radius 2 is 1.70 bits per heavy atom. The number of rotatable bonds is 8. The quantitative estimate of drug-likeness (QED) is 0.296. The number of fused-ring (bicyclic) bond motifs is 1. The molecule has 3 heterocycles. The molecule has 0 radical (unpaired) electrons. The van der Waals surface area contributed by atoms with Gasteiger partial charge in [0.05, 0.1) is 43.0 Å². The first-order chi connectivity index (χ1) is 18.0. The number of anilines is 2. The number of hydrogen-bond donors (Lipinski definition) is 0. The molecule has 0 saturated carbocycles. The summed E-state index contributed by atoms with van der Waals surface area (Å²) in [5.74, 6) is 1.49. The van der Waals surface area contributed by atoms with Gasteiger partial charge < -0.3 is 19.3 Å². The van der Waals surface area contributed by atoms with Gasteiger partial charge in [-0.25, -0.2) is 0 Å². The molecule has 0 unspecified atom stereocenters. The fourth-order valence-electron chi connectivity index (χ4n) is 5.30. The molecule has 2 aromatic carbocycles. The minimum atomic E-state index is 0.666. The lowest BCUT2D eigenvalue weighted by Crippen LogP contribution is -2.47. The highest BCUT2D eigenvalue weighted by Gasteiger charge is 2.28. The number of pyridine rings is 1. The van der Waals surface area contributed by atoms with Crippen molar-refractivity contribution in [1.82, 2.24) is 14.8 Å². The molecule has 0 atom stereocenters. The number of aromatic nitrogens is 3. The molecule has 1 aliphatic heterocycles. The molecule has 0 aliphatic carbocycles. The lowest BCUT2D eigenvalue weighted by molar-refractivity contribution is 0.355. The van der Waals surface area contributed by atoms with E-state index in [-0.39, 0.29) is 0 Å². The van der Waals surface area contributed by atoms with Crippen molar-refractivity contribution in [2.45, 2.75) is 33.2 Å². The minimum Gasteiger partial charge on any atom is -0.493 e. The van der Waals surface area contributed by atoms with Gasteiger partial charge >= 0.3 is 0 Å². The van der Waals surface area contributed by atoms with E-state index in [1.165, 1.54) is 5.69 Å². The Morgan fingerprint density at radius 1 is 0.973 bits per heavy atom. The first kappa shape index (κ1) is 25.2. The SMILES string of the molecule is CCCc1nn(Cc2ccncc2)c2cc(OC)c(OC)c(N3CCN(c4cccc(Cl)c4C)CC3)c12. The predicted molar refractivity (Wildman–Crippen MR) is 151 cm³/mol. The highest BCUT2D eigenvalue weighted by molar-refractivity contribution is 6.31. The van der Waals surface area contributed by atoms with Crippen molar-refractivity contribution in [3.63, 3.8) is 0 Å². The summed E-state index contributed by atoms with van der Waals surface area (Å²) in [7, 11) is 3.42. The predicted octanol–water partition coefficient (Wildman–Crippen LogP) is 5.74. The summed E-state index contributed by atoms with van der Waals surface area (Å²) in [6.07, 6.45) is 5.55. The second-order valence-electron chi connectivity index (χ2n) is 9.42. The van der Waals surface area contributed by atoms with Crippen LogP contribution >= 0.6 is 11.6 Å². The molecule has 37 heavy (non-hydrogen) atoms. The molecule has 1 aliphatic rings. The molecular formula is C29H34ClN5O2. The Balaban J connectivity index is 1.57. The lowest BCUT2D eigenvalue weighted by atomic mass is 10.1. The number of aryl methyl sites for hydroxylation is 1. The molecule has 5 rings (SSSR count). The second-order valence-corrected chi connectivity index (χ2v) is 9.83. The van der Waals surface area contributed by atoms with Crippen molar-refractivity contribution < 1.29 is 9.47 Å². The summed E-state index contributed by atoms with van der Waals surface area (Å²) < 4.78 is 13.9. The molecule has 1 fully saturated rings. The number of hydrogen-bond acceptors (Lipinski definition) is 6. The van der Waals surface area contributed by atoms with Gasteiger partial charge in [-0.3, -0.25) is 9.67 Å². The van der Waals surface area contributed by atoms with Crippen LogP contribution in [0, 0.1) is 6.92 Å². The molecule has 0 spiro atoms. The fourth-order valence-corrected chi connectivity index (χ4v) is 5.47. The number of ether oxygens (including phenoxy) is 2. The zero-order valence-corrected chi connectivity index (χ0v) is 22.8. The first-order valence-electron chi connectivity index (χ1n) is 12.8. The highest BCUT2D eigenvalue weighted by Crippen LogP contribution is 2.46. The van der Waals surface area contributed by atoms with Crippen molar-refractivity contribution in [1.29, 1.82) is 0 Å². The van der Waals surface area contributed by atoms with E-state index >= 15 is 0 Å². The Hall–Kier alpha value is -3.45. The van der Waals surface area contributed by atoms with E-state index in [9.17, 15) is 0 Å². The van der Waals surface area contributed by atoms with Crippen LogP contribution < -0.4 is 19.3 Å². The van der Waals surface area contributed by atoms with Gasteiger partial charge in [0.1, 0.15) is 0 Å². The molecule has 1 saturated heterocycles. The van der Waals surface area contributed by atoms with Crippen LogP contribution in [0.5, 0.6) is 11.5 Å². The third kappa shape index (κ3) is 4.80. The van der Waals surface area contributed by atoms with Crippen LogP contribution in [0.15, 0.2) is 48.8 Å². The third-order valence-corrected chi connectivity index (χ3v) is 7.59. The highest BCUT2D eigenvalue weighted by atomic mass is 35.5. The van der Waals surface area contributed by atoms with E-state index < -0.39 is 0 Å². The molecule has 4 aromatic rings. The molecular weight excluding hydrogens is 486 g/mol. The van der Waals surface area contributed by atoms with Crippen LogP contribution in [0.3, 0.4) is 0 Å². The molecule has 7 nitrogen and oxygen atoms in total. The molecule has 0 bridgehead atoms. The monoisotopic (exact) mass is 519 g/mol. The Bertz CT molecular complexity index is 1380. The summed E-state index contributed by atoms with van der Waals surface area (Å²) in [5, 5.41) is 7.06. The van der Waals surface area contributed by atoms with E-state index in [1.807, 2.05) is 36.7 Å². The maximum absolute atomic E-state index is 6.42. The summed E-state index contributed by atoms with van der Waals surface area (Å²) in [5.41, 5.74) is 6.71. The minimum absolute atomic E-state index is 0.666. The van der Waals surface area contributed by atoms with E-state index in [1.54, 1.807) is 14.2 Å². The Labute approximate surface area is 223 Å². The van der Waals surface area contributed by atoms with Crippen molar-refractivity contribution in [3.8, 4) is 11.5 Å². The van der Waals surface area contributed by atoms with Gasteiger partial charge in [-0.05, 0) is 48.7 Å². The van der Waals surface area contributed by atoms with Crippen LogP contribution in [0.2, 0.25) is 5.02 Å². The standard InChI is InChI=1S/C29H34ClN5O2/c1-5-7-23-27-25(35(32-23)19-21-10-12-31-13-11-21)18-26(36-3)29(37-4)28(27)34-16-14-33(15-17-34)24-9-6-8-22(30)20(24)2/h6,8-13,18H,5,7,14-17,19H2,1-4H3. The van der Waals surface area contributed by atoms with Crippen molar-refractivity contribution in [2.24, 2.45) is 0 Å². The van der Waals surface area contributed by atoms with Gasteiger partial charge in [-0.1, -0.05) is 31.0 Å². The zero-order valence-electron chi connectivity index (χ0n) is 22.0. The Kier molecular flexibility index (Phi) is 7.42. The number of methoxy groups -OCH3 is 2. The first-order valence-corrected chi connectivity index (χ1v) is 13.2. The summed E-state index contributed by atoms with van der Waals surface area (Å²) in [4.78, 5) is 9.01. The number of benzene rings is 2. The van der Waals surface area contributed by atoms with Crippen LogP contribution in [0.1, 0.15) is 30.2 Å². The van der Waals surface area contributed by atoms with Gasteiger partial charge in [0.25, 0.3) is 0 Å². The topological polar surface area (TPSA) is 55.7 Å². The zero-order chi connectivity index (χ0) is 25.9. The van der Waals surface area contributed by atoms with E-state index in [4.69, 9.17) is 26.2 Å². The van der Waals surface area contributed by atoms with Gasteiger partial charge in [-0.2, -0.15) is 5.10 Å². The van der Waals surface area contributed by atoms with E-state index in [0.29, 0.717) is 6.54 Å². The van der Waals surface area contributed by atoms with Crippen LogP contribution in [-0.4, -0.2) is 55.2 Å². The third-order valence-electron chi connectivity index (χ3n) is 7.18. The van der Waals surface area contributed by atoms with Crippen molar-refractivity contribution >= 4 is 33.9 Å². The van der Waals surface area contributed by atoms with Crippen molar-refractivity contribution in [2.75, 3.05) is 50.2 Å². The van der Waals surface area contributed by atoms with Gasteiger partial charge in [0.15, 0.2) is 11.5 Å². The molecule has 194 valence electrons. The average Bonchev–Trinajstić information content (AvgIpc) is 3.26. The van der Waals surface area contributed by atoms with Gasteiger partial charge in [-0.15, -0.1) is 0 Å². The fraction of sp³-hybridized carbons (Fsp3) is 0.379. The smallest absolute Gasteiger partial charge is 0.185 e. The van der Waals surface area contributed by atoms with Gasteiger partial charge in [0, 0.05) is 55.3 Å². The largest absolute Gasteiger partial charge is 0.493 e. The number of piperazine rings is 1. The Morgan fingerprint density at radius 3 is 2.38 bits per heavy atom. The van der Waals surface area contributed by atoms with Crippen LogP contribution in [0.4, 0.5) is 11.4 Å². The molecule has 0 amide bonds. The molecule has 0 N–H and O–H groups in total. The number of nitrogens with zero attached hydrogens (tertiary/aromatic N) is 5. The maximum atomic E-state index is 6.42. The van der Waals surface area contributed by atoms with Crippen LogP contribution in [-0.2, 0) is 13.0 Å². The van der Waals surface area contributed by atoms with Crippen LogP contribution in [0.25, 0.3) is 10.9 Å². The van der Waals surface area contributed by atoms with E-state index in [2.05, 4.69) is 45.4 Å². The average molecular weight is 520 g/mol. The van der Waals surface area contributed by atoms with Gasteiger partial charge in [0.2, 0.25) is 0 Å². The molecule has 8 heteroatoms. The summed E-state index contributed by atoms with van der Waals surface area (Å²) >= 11 is 6.42. The van der Waals surface area contributed by atoms with Crippen molar-refractivity contribution in [3.05, 3.63) is 70.6 Å².